The Balaban J connectivity index is 1.59. The highest BCUT2D eigenvalue weighted by atomic mass is 35.5. The molecule has 1 heterocycles. The summed E-state index contributed by atoms with van der Waals surface area (Å²) in [6.45, 7) is 4.46. The zero-order valence-corrected chi connectivity index (χ0v) is 15.4. The molecular weight excluding hydrogens is 356 g/mol. The van der Waals surface area contributed by atoms with Crippen molar-refractivity contribution in [3.05, 3.63) is 64.5 Å². The van der Waals surface area contributed by atoms with Gasteiger partial charge in [-0.2, -0.15) is 4.98 Å². The number of hydrogen-bond acceptors (Lipinski definition) is 4. The van der Waals surface area contributed by atoms with Gasteiger partial charge in [-0.25, -0.2) is 0 Å². The number of aryl methyl sites for hydroxylation is 2. The Hall–Kier alpha value is -2.44. The number of rotatable bonds is 4. The van der Waals surface area contributed by atoms with Crippen molar-refractivity contribution >= 4 is 34.6 Å². The van der Waals surface area contributed by atoms with Gasteiger partial charge in [0.25, 0.3) is 0 Å². The summed E-state index contributed by atoms with van der Waals surface area (Å²) < 4.78 is 5.24. The maximum Gasteiger partial charge on any atom is 0.246 e. The average Bonchev–Trinajstić information content (AvgIpc) is 3.05. The first kappa shape index (κ1) is 17.4. The molecule has 5 nitrogen and oxygen atoms in total. The third kappa shape index (κ3) is 4.35. The molecule has 128 valence electrons. The quantitative estimate of drug-likeness (QED) is 0.658. The van der Waals surface area contributed by atoms with Crippen LogP contribution in [0.3, 0.4) is 0 Å². The van der Waals surface area contributed by atoms with Gasteiger partial charge in [0.05, 0.1) is 11.6 Å². The fraction of sp³-hybridized carbons (Fsp3) is 0.167. The molecule has 0 aliphatic heterocycles. The van der Waals surface area contributed by atoms with E-state index in [0.717, 1.165) is 11.3 Å². The number of aromatic nitrogens is 2. The summed E-state index contributed by atoms with van der Waals surface area (Å²) in [5.74, 6) is 0.884. The van der Waals surface area contributed by atoms with Gasteiger partial charge in [0, 0.05) is 11.3 Å². The predicted molar refractivity (Wildman–Crippen MR) is 104 cm³/mol. The van der Waals surface area contributed by atoms with Gasteiger partial charge in [0.15, 0.2) is 5.11 Å². The summed E-state index contributed by atoms with van der Waals surface area (Å²) in [7, 11) is 0. The summed E-state index contributed by atoms with van der Waals surface area (Å²) >= 11 is 11.4. The molecule has 0 atom stereocenters. The molecule has 1 aromatic heterocycles. The first-order valence-corrected chi connectivity index (χ1v) is 8.51. The number of thiocarbonyl (C=S) groups is 1. The highest BCUT2D eigenvalue weighted by molar-refractivity contribution is 7.80. The highest BCUT2D eigenvalue weighted by Crippen LogP contribution is 2.24. The van der Waals surface area contributed by atoms with Crippen molar-refractivity contribution in [2.45, 2.75) is 20.4 Å². The first-order valence-electron chi connectivity index (χ1n) is 7.72. The Bertz CT molecular complexity index is 910. The molecule has 3 rings (SSSR count). The molecule has 0 spiro atoms. The van der Waals surface area contributed by atoms with E-state index >= 15 is 0 Å². The van der Waals surface area contributed by atoms with Crippen LogP contribution >= 0.6 is 23.8 Å². The van der Waals surface area contributed by atoms with Crippen LogP contribution in [0.5, 0.6) is 0 Å². The molecule has 0 saturated carbocycles. The molecule has 2 N–H and O–H groups in total. The minimum atomic E-state index is 0.328. The molecule has 0 unspecified atom stereocenters. The number of benzene rings is 2. The van der Waals surface area contributed by atoms with Crippen molar-refractivity contribution in [2.75, 3.05) is 5.32 Å². The van der Waals surface area contributed by atoms with Crippen molar-refractivity contribution < 1.29 is 4.52 Å². The smallest absolute Gasteiger partial charge is 0.246 e. The number of nitrogens with zero attached hydrogens (tertiary/aromatic N) is 2. The zero-order valence-electron chi connectivity index (χ0n) is 13.8. The van der Waals surface area contributed by atoms with Gasteiger partial charge in [-0.05, 0) is 61.5 Å². The second-order valence-corrected chi connectivity index (χ2v) is 6.41. The topological polar surface area (TPSA) is 63.0 Å². The molecule has 0 amide bonds. The summed E-state index contributed by atoms with van der Waals surface area (Å²) in [6.07, 6.45) is 0. The molecule has 3 aromatic rings. The number of hydrogen-bond donors (Lipinski definition) is 2. The molecular formula is C18H17ClN4OS. The lowest BCUT2D eigenvalue weighted by Crippen LogP contribution is -2.28. The van der Waals surface area contributed by atoms with Gasteiger partial charge in [-0.1, -0.05) is 35.0 Å². The molecule has 7 heteroatoms. The highest BCUT2D eigenvalue weighted by Gasteiger charge is 2.11. The van der Waals surface area contributed by atoms with Crippen LogP contribution in [-0.2, 0) is 6.54 Å². The van der Waals surface area contributed by atoms with E-state index in [1.54, 1.807) is 6.07 Å². The van der Waals surface area contributed by atoms with Crippen LogP contribution in [0.4, 0.5) is 5.69 Å². The monoisotopic (exact) mass is 372 g/mol. The van der Waals surface area contributed by atoms with Gasteiger partial charge < -0.3 is 15.2 Å². The minimum Gasteiger partial charge on any atom is -0.353 e. The number of halogens is 1. The van der Waals surface area contributed by atoms with Crippen LogP contribution in [0.15, 0.2) is 47.0 Å². The molecule has 0 aliphatic rings. The Kier molecular flexibility index (Phi) is 5.31. The lowest BCUT2D eigenvalue weighted by Gasteiger charge is -2.10. The lowest BCUT2D eigenvalue weighted by atomic mass is 10.1. The molecule has 0 aliphatic carbocycles. The van der Waals surface area contributed by atoms with Crippen molar-refractivity contribution in [3.8, 4) is 11.4 Å². The fourth-order valence-electron chi connectivity index (χ4n) is 2.23. The average molecular weight is 373 g/mol. The molecule has 2 aromatic carbocycles. The van der Waals surface area contributed by atoms with Crippen molar-refractivity contribution in [2.24, 2.45) is 0 Å². The summed E-state index contributed by atoms with van der Waals surface area (Å²) in [5.41, 5.74) is 4.11. The van der Waals surface area contributed by atoms with Crippen LogP contribution in [0.25, 0.3) is 11.4 Å². The first-order chi connectivity index (χ1) is 12.0. The zero-order chi connectivity index (χ0) is 17.8. The Morgan fingerprint density at radius 2 is 1.96 bits per heavy atom. The van der Waals surface area contributed by atoms with E-state index in [0.29, 0.717) is 28.4 Å². The summed E-state index contributed by atoms with van der Waals surface area (Å²) in [5, 5.41) is 11.2. The van der Waals surface area contributed by atoms with Crippen LogP contribution in [0.2, 0.25) is 5.02 Å². The van der Waals surface area contributed by atoms with E-state index in [1.807, 2.05) is 36.4 Å². The second kappa shape index (κ2) is 7.63. The maximum atomic E-state index is 6.14. The van der Waals surface area contributed by atoms with E-state index in [2.05, 4.69) is 34.6 Å². The normalized spacial score (nSPS) is 10.5. The van der Waals surface area contributed by atoms with Crippen LogP contribution < -0.4 is 10.6 Å². The van der Waals surface area contributed by atoms with E-state index < -0.39 is 0 Å². The van der Waals surface area contributed by atoms with E-state index in [4.69, 9.17) is 28.3 Å². The fourth-order valence-corrected chi connectivity index (χ4v) is 2.64. The number of nitrogens with one attached hydrogen (secondary N) is 2. The van der Waals surface area contributed by atoms with Crippen molar-refractivity contribution in [3.63, 3.8) is 0 Å². The van der Waals surface area contributed by atoms with Gasteiger partial charge in [0.1, 0.15) is 0 Å². The second-order valence-electron chi connectivity index (χ2n) is 5.60. The SMILES string of the molecule is Cc1ccc(NC(=S)NCc2nc(-c3ccccc3Cl)no2)cc1C. The summed E-state index contributed by atoms with van der Waals surface area (Å²) in [6, 6.07) is 13.4. The lowest BCUT2D eigenvalue weighted by molar-refractivity contribution is 0.376. The van der Waals surface area contributed by atoms with Crippen LogP contribution in [-0.4, -0.2) is 15.3 Å². The summed E-state index contributed by atoms with van der Waals surface area (Å²) in [4.78, 5) is 4.33. The standard InChI is InChI=1S/C18H17ClN4OS/c1-11-7-8-13(9-12(11)2)21-18(25)20-10-16-22-17(23-24-16)14-5-3-4-6-15(14)19/h3-9H,10H2,1-2H3,(H2,20,21,25). The van der Waals surface area contributed by atoms with Crippen molar-refractivity contribution in [1.82, 2.24) is 15.5 Å². The van der Waals surface area contributed by atoms with E-state index in [9.17, 15) is 0 Å². The van der Waals surface area contributed by atoms with Crippen LogP contribution in [0.1, 0.15) is 17.0 Å². The Morgan fingerprint density at radius 1 is 1.16 bits per heavy atom. The van der Waals surface area contributed by atoms with Crippen molar-refractivity contribution in [1.29, 1.82) is 0 Å². The predicted octanol–water partition coefficient (Wildman–Crippen LogP) is 4.49. The maximum absolute atomic E-state index is 6.14. The third-order valence-electron chi connectivity index (χ3n) is 3.75. The van der Waals surface area contributed by atoms with Gasteiger partial charge >= 0.3 is 0 Å². The Labute approximate surface area is 156 Å². The molecule has 0 saturated heterocycles. The third-order valence-corrected chi connectivity index (χ3v) is 4.32. The van der Waals surface area contributed by atoms with Gasteiger partial charge in [0.2, 0.25) is 11.7 Å². The Morgan fingerprint density at radius 3 is 2.72 bits per heavy atom. The molecule has 0 bridgehead atoms. The van der Waals surface area contributed by atoms with Gasteiger partial charge in [-0.3, -0.25) is 0 Å². The van der Waals surface area contributed by atoms with E-state index in [1.165, 1.54) is 11.1 Å². The molecule has 0 radical (unpaired) electrons. The molecule has 0 fully saturated rings. The molecule has 25 heavy (non-hydrogen) atoms. The largest absolute Gasteiger partial charge is 0.353 e. The van der Waals surface area contributed by atoms with E-state index in [-0.39, 0.29) is 0 Å². The number of anilines is 1. The minimum absolute atomic E-state index is 0.328. The van der Waals surface area contributed by atoms with Gasteiger partial charge in [-0.15, -0.1) is 0 Å². The van der Waals surface area contributed by atoms with Crippen LogP contribution in [0, 0.1) is 13.8 Å².